The maximum absolute atomic E-state index is 13.6. The first-order chi connectivity index (χ1) is 8.50. The summed E-state index contributed by atoms with van der Waals surface area (Å²) in [4.78, 5) is 2.08. The molecule has 0 aromatic heterocycles. The number of hydrogen-bond acceptors (Lipinski definition) is 3. The van der Waals surface area contributed by atoms with Gasteiger partial charge in [-0.25, -0.2) is 4.39 Å². The highest BCUT2D eigenvalue weighted by Gasteiger charge is 2.24. The Balaban J connectivity index is 2.38. The summed E-state index contributed by atoms with van der Waals surface area (Å²) in [5.74, 6) is -0.272. The minimum absolute atomic E-state index is 0.272. The van der Waals surface area contributed by atoms with Gasteiger partial charge in [-0.1, -0.05) is 0 Å². The molecule has 1 N–H and O–H groups in total. The van der Waals surface area contributed by atoms with Gasteiger partial charge in [-0.05, 0) is 38.0 Å². The molecular weight excluding hydrogens is 233 g/mol. The fraction of sp³-hybridized carbons (Fsp3) is 0.571. The van der Waals surface area contributed by atoms with Gasteiger partial charge in [0.15, 0.2) is 0 Å². The van der Waals surface area contributed by atoms with Crippen molar-refractivity contribution in [2.45, 2.75) is 32.4 Å². The minimum Gasteiger partial charge on any atom is -0.389 e. The van der Waals surface area contributed by atoms with Gasteiger partial charge in [0.25, 0.3) is 0 Å². The first kappa shape index (κ1) is 13.3. The summed E-state index contributed by atoms with van der Waals surface area (Å²) in [6.07, 6.45) is 0.284. The normalized spacial score (nSPS) is 21.1. The van der Waals surface area contributed by atoms with Crippen molar-refractivity contribution in [2.75, 3.05) is 25.2 Å². The summed E-state index contributed by atoms with van der Waals surface area (Å²) in [5, 5.41) is 9.79. The minimum atomic E-state index is -0.681. The van der Waals surface area contributed by atoms with E-state index in [0.717, 1.165) is 18.7 Å². The van der Waals surface area contributed by atoms with E-state index in [1.807, 2.05) is 7.05 Å². The number of anilines is 1. The molecule has 2 rings (SSSR count). The largest absolute Gasteiger partial charge is 0.389 e. The quantitative estimate of drug-likeness (QED) is 0.898. The number of aliphatic hydroxyl groups excluding tert-OH is 1. The fourth-order valence-electron chi connectivity index (χ4n) is 2.35. The summed E-state index contributed by atoms with van der Waals surface area (Å²) < 4.78 is 19.0. The molecule has 3 nitrogen and oxygen atoms in total. The van der Waals surface area contributed by atoms with Gasteiger partial charge in [0.1, 0.15) is 5.82 Å². The lowest BCUT2D eigenvalue weighted by Crippen LogP contribution is -2.32. The number of likely N-dealkylation sites (N-methyl/N-ethyl adjacent to an activating group) is 1. The third kappa shape index (κ3) is 2.49. The zero-order valence-corrected chi connectivity index (χ0v) is 11.1. The Morgan fingerprint density at radius 2 is 2.22 bits per heavy atom. The van der Waals surface area contributed by atoms with E-state index in [1.165, 1.54) is 6.07 Å². The van der Waals surface area contributed by atoms with Gasteiger partial charge < -0.3 is 14.7 Å². The standard InChI is InChI=1S/C14H20FNO2/c1-9-6-14(12(10(2)17)7-13(9)15)16(3)11-4-5-18-8-11/h6-7,10-11,17H,4-5,8H2,1-3H3/t10-,11?/m0/s1. The molecule has 1 fully saturated rings. The highest BCUT2D eigenvalue weighted by molar-refractivity contribution is 5.57. The fourth-order valence-corrected chi connectivity index (χ4v) is 2.35. The van der Waals surface area contributed by atoms with E-state index in [2.05, 4.69) is 4.90 Å². The van der Waals surface area contributed by atoms with Crippen LogP contribution < -0.4 is 4.90 Å². The molecule has 0 radical (unpaired) electrons. The Morgan fingerprint density at radius 3 is 2.78 bits per heavy atom. The number of ether oxygens (including phenoxy) is 1. The summed E-state index contributed by atoms with van der Waals surface area (Å²) in [7, 11) is 1.97. The first-order valence-corrected chi connectivity index (χ1v) is 6.29. The lowest BCUT2D eigenvalue weighted by Gasteiger charge is -2.29. The van der Waals surface area contributed by atoms with Crippen LogP contribution in [0.3, 0.4) is 0 Å². The number of halogens is 1. The molecule has 1 aromatic carbocycles. The van der Waals surface area contributed by atoms with Crippen molar-refractivity contribution < 1.29 is 14.2 Å². The number of hydrogen-bond donors (Lipinski definition) is 1. The molecule has 1 aliphatic heterocycles. The van der Waals surface area contributed by atoms with E-state index in [1.54, 1.807) is 19.9 Å². The Bertz CT molecular complexity index is 428. The molecule has 1 aliphatic rings. The average molecular weight is 253 g/mol. The summed E-state index contributed by atoms with van der Waals surface area (Å²) in [5.41, 5.74) is 2.12. The van der Waals surface area contributed by atoms with Crippen molar-refractivity contribution >= 4 is 5.69 Å². The molecule has 1 heterocycles. The summed E-state index contributed by atoms with van der Waals surface area (Å²) >= 11 is 0. The molecule has 0 bridgehead atoms. The van der Waals surface area contributed by atoms with Crippen LogP contribution in [0.15, 0.2) is 12.1 Å². The molecule has 1 unspecified atom stereocenters. The lowest BCUT2D eigenvalue weighted by molar-refractivity contribution is 0.192. The van der Waals surface area contributed by atoms with Crippen molar-refractivity contribution in [3.05, 3.63) is 29.1 Å². The number of aliphatic hydroxyl groups is 1. The van der Waals surface area contributed by atoms with Crippen molar-refractivity contribution in [3.8, 4) is 0 Å². The molecule has 1 saturated heterocycles. The van der Waals surface area contributed by atoms with Gasteiger partial charge in [0.2, 0.25) is 0 Å². The predicted molar refractivity (Wildman–Crippen MR) is 69.4 cm³/mol. The summed E-state index contributed by atoms with van der Waals surface area (Å²) in [6, 6.07) is 3.53. The molecule has 0 spiro atoms. The maximum atomic E-state index is 13.6. The van der Waals surface area contributed by atoms with Crippen LogP contribution in [0.2, 0.25) is 0 Å². The zero-order valence-electron chi connectivity index (χ0n) is 11.1. The second-order valence-corrected chi connectivity index (χ2v) is 4.96. The molecule has 0 amide bonds. The highest BCUT2D eigenvalue weighted by Crippen LogP contribution is 2.31. The van der Waals surface area contributed by atoms with Crippen molar-refractivity contribution in [2.24, 2.45) is 0 Å². The molecule has 18 heavy (non-hydrogen) atoms. The number of benzene rings is 1. The van der Waals surface area contributed by atoms with Crippen LogP contribution in [0.4, 0.5) is 10.1 Å². The molecular formula is C14H20FNO2. The highest BCUT2D eigenvalue weighted by atomic mass is 19.1. The van der Waals surface area contributed by atoms with Gasteiger partial charge in [-0.2, -0.15) is 0 Å². The van der Waals surface area contributed by atoms with Crippen LogP contribution in [0.1, 0.15) is 30.6 Å². The van der Waals surface area contributed by atoms with Crippen LogP contribution in [0.25, 0.3) is 0 Å². The van der Waals surface area contributed by atoms with Crippen LogP contribution in [-0.4, -0.2) is 31.4 Å². The van der Waals surface area contributed by atoms with E-state index in [9.17, 15) is 9.50 Å². The lowest BCUT2D eigenvalue weighted by atomic mass is 10.0. The van der Waals surface area contributed by atoms with Gasteiger partial charge in [-0.15, -0.1) is 0 Å². The molecule has 0 saturated carbocycles. The van der Waals surface area contributed by atoms with Crippen molar-refractivity contribution in [1.82, 2.24) is 0 Å². The smallest absolute Gasteiger partial charge is 0.126 e. The van der Waals surface area contributed by atoms with E-state index in [0.29, 0.717) is 23.8 Å². The van der Waals surface area contributed by atoms with Gasteiger partial charge in [-0.3, -0.25) is 0 Å². The van der Waals surface area contributed by atoms with E-state index in [-0.39, 0.29) is 5.82 Å². The third-order valence-electron chi connectivity index (χ3n) is 3.59. The van der Waals surface area contributed by atoms with Gasteiger partial charge in [0.05, 0.1) is 18.8 Å². The SMILES string of the molecule is Cc1cc(N(C)C2CCOC2)c([C@H](C)O)cc1F. The third-order valence-corrected chi connectivity index (χ3v) is 3.59. The molecule has 2 atom stereocenters. The second kappa shape index (κ2) is 5.24. The van der Waals surface area contributed by atoms with Crippen LogP contribution in [0, 0.1) is 12.7 Å². The molecule has 100 valence electrons. The van der Waals surface area contributed by atoms with E-state index >= 15 is 0 Å². The first-order valence-electron chi connectivity index (χ1n) is 6.29. The average Bonchev–Trinajstić information content (AvgIpc) is 2.84. The van der Waals surface area contributed by atoms with Crippen molar-refractivity contribution in [1.29, 1.82) is 0 Å². The summed E-state index contributed by atoms with van der Waals surface area (Å²) in [6.45, 7) is 4.85. The number of nitrogens with zero attached hydrogens (tertiary/aromatic N) is 1. The molecule has 4 heteroatoms. The van der Waals surface area contributed by atoms with Crippen LogP contribution in [0.5, 0.6) is 0 Å². The van der Waals surface area contributed by atoms with Gasteiger partial charge in [0, 0.05) is 24.9 Å². The van der Waals surface area contributed by atoms with E-state index in [4.69, 9.17) is 4.74 Å². The van der Waals surface area contributed by atoms with Crippen LogP contribution >= 0.6 is 0 Å². The molecule has 0 aliphatic carbocycles. The number of rotatable bonds is 3. The Kier molecular flexibility index (Phi) is 3.88. The monoisotopic (exact) mass is 253 g/mol. The molecule has 1 aromatic rings. The maximum Gasteiger partial charge on any atom is 0.126 e. The predicted octanol–water partition coefficient (Wildman–Crippen LogP) is 2.41. The topological polar surface area (TPSA) is 32.7 Å². The van der Waals surface area contributed by atoms with Crippen molar-refractivity contribution in [3.63, 3.8) is 0 Å². The number of aryl methyl sites for hydroxylation is 1. The zero-order chi connectivity index (χ0) is 13.3. The Labute approximate surface area is 107 Å². The van der Waals surface area contributed by atoms with Gasteiger partial charge >= 0.3 is 0 Å². The Morgan fingerprint density at radius 1 is 1.50 bits per heavy atom. The second-order valence-electron chi connectivity index (χ2n) is 4.96. The Hall–Kier alpha value is -1.13. The van der Waals surface area contributed by atoms with Crippen LogP contribution in [-0.2, 0) is 4.74 Å². The van der Waals surface area contributed by atoms with E-state index < -0.39 is 6.10 Å².